The van der Waals surface area contributed by atoms with Crippen LogP contribution in [0.25, 0.3) is 0 Å². The van der Waals surface area contributed by atoms with Gasteiger partial charge in [-0.2, -0.15) is 0 Å². The van der Waals surface area contributed by atoms with Crippen LogP contribution >= 0.6 is 0 Å². The summed E-state index contributed by atoms with van der Waals surface area (Å²) >= 11 is 0. The molecular formula is C12H22O2. The van der Waals surface area contributed by atoms with E-state index in [2.05, 4.69) is 13.8 Å². The Labute approximate surface area is 87.0 Å². The van der Waals surface area contributed by atoms with Gasteiger partial charge in [0.15, 0.2) is 5.78 Å². The van der Waals surface area contributed by atoms with E-state index in [4.69, 9.17) is 4.74 Å². The average molecular weight is 198 g/mol. The molecule has 0 spiro atoms. The summed E-state index contributed by atoms with van der Waals surface area (Å²) in [4.78, 5) is 11.6. The molecule has 0 saturated heterocycles. The van der Waals surface area contributed by atoms with Crippen LogP contribution in [0.15, 0.2) is 0 Å². The van der Waals surface area contributed by atoms with Gasteiger partial charge in [-0.3, -0.25) is 4.79 Å². The largest absolute Gasteiger partial charge is 0.367 e. The van der Waals surface area contributed by atoms with Crippen LogP contribution in [0.2, 0.25) is 0 Å². The molecule has 2 heteroatoms. The van der Waals surface area contributed by atoms with E-state index in [-0.39, 0.29) is 5.78 Å². The van der Waals surface area contributed by atoms with Crippen molar-refractivity contribution in [2.75, 3.05) is 6.61 Å². The summed E-state index contributed by atoms with van der Waals surface area (Å²) in [6, 6.07) is 0. The first-order chi connectivity index (χ1) is 6.60. The molecule has 0 unspecified atom stereocenters. The molecule has 0 aliphatic heterocycles. The molecular weight excluding hydrogens is 176 g/mol. The van der Waals surface area contributed by atoms with Crippen LogP contribution in [0.4, 0.5) is 0 Å². The molecule has 0 heterocycles. The first-order valence-corrected chi connectivity index (χ1v) is 5.75. The summed E-state index contributed by atoms with van der Waals surface area (Å²) in [5.41, 5.74) is -0.428. The lowest BCUT2D eigenvalue weighted by atomic mass is 9.77. The Kier molecular flexibility index (Phi) is 4.11. The highest BCUT2D eigenvalue weighted by atomic mass is 16.5. The highest BCUT2D eigenvalue weighted by Gasteiger charge is 2.39. The van der Waals surface area contributed by atoms with Gasteiger partial charge in [0.25, 0.3) is 0 Å². The molecule has 1 saturated carbocycles. The number of ether oxygens (including phenoxy) is 1. The summed E-state index contributed by atoms with van der Waals surface area (Å²) < 4.78 is 5.78. The first-order valence-electron chi connectivity index (χ1n) is 5.75. The van der Waals surface area contributed by atoms with Gasteiger partial charge in [0.05, 0.1) is 0 Å². The van der Waals surface area contributed by atoms with Crippen LogP contribution in [0.3, 0.4) is 0 Å². The SMILES string of the molecule is CCCOC1(C(C)=O)CCC(C)CC1. The van der Waals surface area contributed by atoms with Gasteiger partial charge >= 0.3 is 0 Å². The number of hydrogen-bond donors (Lipinski definition) is 0. The Morgan fingerprint density at radius 2 is 2.00 bits per heavy atom. The van der Waals surface area contributed by atoms with Crippen LogP contribution in [0.5, 0.6) is 0 Å². The van der Waals surface area contributed by atoms with E-state index in [1.54, 1.807) is 6.92 Å². The fraction of sp³-hybridized carbons (Fsp3) is 0.917. The standard InChI is InChI=1S/C12H22O2/c1-4-9-14-12(11(3)13)7-5-10(2)6-8-12/h10H,4-9H2,1-3H3. The van der Waals surface area contributed by atoms with Gasteiger partial charge in [0.2, 0.25) is 0 Å². The maximum Gasteiger partial charge on any atom is 0.161 e. The summed E-state index contributed by atoms with van der Waals surface area (Å²) in [6.45, 7) is 6.72. The molecule has 0 aromatic heterocycles. The zero-order valence-electron chi connectivity index (χ0n) is 9.64. The molecule has 1 fully saturated rings. The van der Waals surface area contributed by atoms with Gasteiger partial charge in [-0.15, -0.1) is 0 Å². The summed E-state index contributed by atoms with van der Waals surface area (Å²) in [7, 11) is 0. The minimum absolute atomic E-state index is 0.220. The molecule has 0 bridgehead atoms. The second-order valence-corrected chi connectivity index (χ2v) is 4.58. The predicted molar refractivity (Wildman–Crippen MR) is 57.3 cm³/mol. The Morgan fingerprint density at radius 1 is 1.43 bits per heavy atom. The number of Topliss-reactive ketones (excluding diaryl/α,β-unsaturated/α-hetero) is 1. The van der Waals surface area contributed by atoms with Crippen molar-refractivity contribution in [2.24, 2.45) is 5.92 Å². The number of carbonyl (C=O) groups excluding carboxylic acids is 1. The first kappa shape index (κ1) is 11.7. The Bertz CT molecular complexity index is 185. The molecule has 0 amide bonds. The second kappa shape index (κ2) is 4.92. The summed E-state index contributed by atoms with van der Waals surface area (Å²) in [5, 5.41) is 0. The quantitative estimate of drug-likeness (QED) is 0.694. The fourth-order valence-corrected chi connectivity index (χ4v) is 2.12. The third-order valence-corrected chi connectivity index (χ3v) is 3.31. The molecule has 0 radical (unpaired) electrons. The molecule has 2 nitrogen and oxygen atoms in total. The lowest BCUT2D eigenvalue weighted by Gasteiger charge is -2.37. The van der Waals surface area contributed by atoms with Gasteiger partial charge in [-0.05, 0) is 44.9 Å². The topological polar surface area (TPSA) is 26.3 Å². The molecule has 1 aliphatic carbocycles. The maximum absolute atomic E-state index is 11.6. The number of carbonyl (C=O) groups is 1. The van der Waals surface area contributed by atoms with Crippen LogP contribution in [0, 0.1) is 5.92 Å². The van der Waals surface area contributed by atoms with Crippen molar-refractivity contribution in [1.82, 2.24) is 0 Å². The normalized spacial score (nSPS) is 32.9. The van der Waals surface area contributed by atoms with Crippen LogP contribution in [-0.2, 0) is 9.53 Å². The van der Waals surface area contributed by atoms with Crippen molar-refractivity contribution in [2.45, 2.75) is 58.5 Å². The Morgan fingerprint density at radius 3 is 2.43 bits per heavy atom. The van der Waals surface area contributed by atoms with E-state index in [0.717, 1.165) is 38.0 Å². The smallest absolute Gasteiger partial charge is 0.161 e. The van der Waals surface area contributed by atoms with Crippen molar-refractivity contribution >= 4 is 5.78 Å². The van der Waals surface area contributed by atoms with Crippen molar-refractivity contribution < 1.29 is 9.53 Å². The molecule has 0 aromatic carbocycles. The molecule has 0 atom stereocenters. The monoisotopic (exact) mass is 198 g/mol. The van der Waals surface area contributed by atoms with Crippen molar-refractivity contribution in [3.8, 4) is 0 Å². The summed E-state index contributed by atoms with van der Waals surface area (Å²) in [5.74, 6) is 0.977. The predicted octanol–water partition coefficient (Wildman–Crippen LogP) is 2.95. The maximum atomic E-state index is 11.6. The number of ketones is 1. The van der Waals surface area contributed by atoms with Crippen LogP contribution < -0.4 is 0 Å². The number of hydrogen-bond acceptors (Lipinski definition) is 2. The third-order valence-electron chi connectivity index (χ3n) is 3.31. The van der Waals surface area contributed by atoms with E-state index in [9.17, 15) is 4.79 Å². The van der Waals surface area contributed by atoms with Crippen molar-refractivity contribution in [1.29, 1.82) is 0 Å². The van der Waals surface area contributed by atoms with E-state index < -0.39 is 5.60 Å². The lowest BCUT2D eigenvalue weighted by molar-refractivity contribution is -0.148. The molecule has 0 N–H and O–H groups in total. The van der Waals surface area contributed by atoms with Crippen molar-refractivity contribution in [3.05, 3.63) is 0 Å². The minimum atomic E-state index is -0.428. The highest BCUT2D eigenvalue weighted by Crippen LogP contribution is 2.35. The second-order valence-electron chi connectivity index (χ2n) is 4.58. The van der Waals surface area contributed by atoms with E-state index in [1.807, 2.05) is 0 Å². The molecule has 1 rings (SSSR count). The van der Waals surface area contributed by atoms with Crippen LogP contribution in [0.1, 0.15) is 52.9 Å². The van der Waals surface area contributed by atoms with Gasteiger partial charge in [0, 0.05) is 6.61 Å². The molecule has 1 aliphatic rings. The molecule has 82 valence electrons. The van der Waals surface area contributed by atoms with Gasteiger partial charge in [-0.25, -0.2) is 0 Å². The average Bonchev–Trinajstić information content (AvgIpc) is 2.17. The Balaban J connectivity index is 2.58. The summed E-state index contributed by atoms with van der Waals surface area (Å²) in [6.07, 6.45) is 5.09. The number of rotatable bonds is 4. The van der Waals surface area contributed by atoms with Gasteiger partial charge in [0.1, 0.15) is 5.60 Å². The van der Waals surface area contributed by atoms with Gasteiger partial charge in [-0.1, -0.05) is 13.8 Å². The van der Waals surface area contributed by atoms with Crippen molar-refractivity contribution in [3.63, 3.8) is 0 Å². The molecule has 14 heavy (non-hydrogen) atoms. The van der Waals surface area contributed by atoms with E-state index >= 15 is 0 Å². The highest BCUT2D eigenvalue weighted by molar-refractivity contribution is 5.85. The zero-order valence-corrected chi connectivity index (χ0v) is 9.64. The van der Waals surface area contributed by atoms with E-state index in [0.29, 0.717) is 6.61 Å². The zero-order chi connectivity index (χ0) is 10.6. The Hall–Kier alpha value is -0.370. The third kappa shape index (κ3) is 2.57. The minimum Gasteiger partial charge on any atom is -0.367 e. The fourth-order valence-electron chi connectivity index (χ4n) is 2.12. The van der Waals surface area contributed by atoms with E-state index in [1.165, 1.54) is 0 Å². The van der Waals surface area contributed by atoms with Gasteiger partial charge < -0.3 is 4.74 Å². The van der Waals surface area contributed by atoms with Crippen LogP contribution in [-0.4, -0.2) is 18.0 Å². The lowest BCUT2D eigenvalue weighted by Crippen LogP contribution is -2.43. The molecule has 0 aromatic rings.